The molecule has 17 heavy (non-hydrogen) atoms. The number of ether oxygens (including phenoxy) is 1. The van der Waals surface area contributed by atoms with E-state index in [1.54, 1.807) is 24.3 Å². The van der Waals surface area contributed by atoms with Gasteiger partial charge in [0.2, 0.25) is 5.91 Å². The molecule has 1 heterocycles. The lowest BCUT2D eigenvalue weighted by Crippen LogP contribution is -2.35. The summed E-state index contributed by atoms with van der Waals surface area (Å²) in [5, 5.41) is 0. The van der Waals surface area contributed by atoms with E-state index in [9.17, 15) is 9.59 Å². The lowest BCUT2D eigenvalue weighted by molar-refractivity contribution is -0.128. The monoisotopic (exact) mass is 233 g/mol. The maximum Gasteiger partial charge on any atom is 0.422 e. The predicted molar refractivity (Wildman–Crippen MR) is 62.5 cm³/mol. The fourth-order valence-corrected chi connectivity index (χ4v) is 1.83. The predicted octanol–water partition coefficient (Wildman–Crippen LogP) is 2.30. The van der Waals surface area contributed by atoms with Crippen LogP contribution in [0.15, 0.2) is 30.3 Å². The van der Waals surface area contributed by atoms with Gasteiger partial charge in [0.05, 0.1) is 0 Å². The number of carbonyl (C=O) groups is 2. The fraction of sp³-hybridized carbons (Fsp3) is 0.385. The topological polar surface area (TPSA) is 46.6 Å². The fourth-order valence-electron chi connectivity index (χ4n) is 1.83. The van der Waals surface area contributed by atoms with E-state index in [1.165, 1.54) is 4.90 Å². The van der Waals surface area contributed by atoms with Gasteiger partial charge in [-0.3, -0.25) is 4.79 Å². The van der Waals surface area contributed by atoms with E-state index < -0.39 is 6.09 Å². The third-order valence-electron chi connectivity index (χ3n) is 3.15. The van der Waals surface area contributed by atoms with Crippen molar-refractivity contribution >= 4 is 12.0 Å². The van der Waals surface area contributed by atoms with Crippen molar-refractivity contribution in [2.24, 2.45) is 11.8 Å². The molecule has 1 aliphatic rings. The van der Waals surface area contributed by atoms with E-state index in [2.05, 4.69) is 0 Å². The van der Waals surface area contributed by atoms with Gasteiger partial charge in [0.1, 0.15) is 5.75 Å². The molecule has 1 aromatic carbocycles. The van der Waals surface area contributed by atoms with Gasteiger partial charge in [-0.25, -0.2) is 9.69 Å². The zero-order valence-corrected chi connectivity index (χ0v) is 9.92. The summed E-state index contributed by atoms with van der Waals surface area (Å²) in [7, 11) is 0. The molecule has 0 N–H and O–H groups in total. The molecule has 1 saturated heterocycles. The van der Waals surface area contributed by atoms with Gasteiger partial charge in [-0.2, -0.15) is 0 Å². The second kappa shape index (κ2) is 4.57. The first-order chi connectivity index (χ1) is 8.09. The van der Waals surface area contributed by atoms with Crippen LogP contribution in [0.4, 0.5) is 4.79 Å². The van der Waals surface area contributed by atoms with Gasteiger partial charge in [0.15, 0.2) is 0 Å². The molecule has 0 bridgehead atoms. The normalized spacial score (nSPS) is 23.9. The van der Waals surface area contributed by atoms with Crippen molar-refractivity contribution in [1.82, 2.24) is 4.90 Å². The van der Waals surface area contributed by atoms with E-state index in [-0.39, 0.29) is 17.7 Å². The van der Waals surface area contributed by atoms with Crippen molar-refractivity contribution in [3.63, 3.8) is 0 Å². The zero-order valence-electron chi connectivity index (χ0n) is 9.92. The van der Waals surface area contributed by atoms with E-state index in [4.69, 9.17) is 4.74 Å². The van der Waals surface area contributed by atoms with Crippen LogP contribution >= 0.6 is 0 Å². The molecule has 2 rings (SSSR count). The first-order valence-corrected chi connectivity index (χ1v) is 5.68. The first-order valence-electron chi connectivity index (χ1n) is 5.68. The van der Waals surface area contributed by atoms with Gasteiger partial charge in [-0.05, 0) is 18.1 Å². The highest BCUT2D eigenvalue weighted by Crippen LogP contribution is 2.24. The minimum atomic E-state index is -0.586. The number of hydrogen-bond acceptors (Lipinski definition) is 3. The molecule has 90 valence electrons. The van der Waals surface area contributed by atoms with Gasteiger partial charge in [0, 0.05) is 12.5 Å². The molecule has 4 heteroatoms. The van der Waals surface area contributed by atoms with Crippen LogP contribution in [0.5, 0.6) is 5.75 Å². The van der Waals surface area contributed by atoms with Crippen molar-refractivity contribution in [3.8, 4) is 5.75 Å². The van der Waals surface area contributed by atoms with Crippen molar-refractivity contribution in [2.45, 2.75) is 13.8 Å². The number of imide groups is 1. The van der Waals surface area contributed by atoms with Crippen LogP contribution in [0.2, 0.25) is 0 Å². The highest BCUT2D eigenvalue weighted by molar-refractivity contribution is 5.95. The van der Waals surface area contributed by atoms with Crippen molar-refractivity contribution in [1.29, 1.82) is 0 Å². The van der Waals surface area contributed by atoms with Crippen LogP contribution in [0.3, 0.4) is 0 Å². The lowest BCUT2D eigenvalue weighted by Gasteiger charge is -2.13. The molecular weight excluding hydrogens is 218 g/mol. The SMILES string of the molecule is C[C@@H]1CN(C(=O)Oc2ccccc2)C(=O)[C@@H]1C. The molecule has 2 atom stereocenters. The maximum atomic E-state index is 11.8. The molecular formula is C13H15NO3. The summed E-state index contributed by atoms with van der Waals surface area (Å²) < 4.78 is 5.13. The maximum absolute atomic E-state index is 11.8. The Morgan fingerprint density at radius 2 is 1.94 bits per heavy atom. The van der Waals surface area contributed by atoms with Gasteiger partial charge in [-0.15, -0.1) is 0 Å². The molecule has 0 aliphatic carbocycles. The Kier molecular flexibility index (Phi) is 3.13. The average molecular weight is 233 g/mol. The Morgan fingerprint density at radius 3 is 2.47 bits per heavy atom. The number of rotatable bonds is 1. The minimum absolute atomic E-state index is 0.113. The Morgan fingerprint density at radius 1 is 1.29 bits per heavy atom. The second-order valence-corrected chi connectivity index (χ2v) is 4.40. The van der Waals surface area contributed by atoms with Crippen molar-refractivity contribution in [2.75, 3.05) is 6.54 Å². The summed E-state index contributed by atoms with van der Waals surface area (Å²) in [6.07, 6.45) is -0.586. The number of nitrogens with zero attached hydrogens (tertiary/aromatic N) is 1. The molecule has 0 radical (unpaired) electrons. The summed E-state index contributed by atoms with van der Waals surface area (Å²) in [6.45, 7) is 4.23. The van der Waals surface area contributed by atoms with E-state index in [0.717, 1.165) is 0 Å². The smallest absolute Gasteiger partial charge is 0.410 e. The summed E-state index contributed by atoms with van der Waals surface area (Å²) >= 11 is 0. The Balaban J connectivity index is 2.05. The van der Waals surface area contributed by atoms with Gasteiger partial charge in [0.25, 0.3) is 0 Å². The van der Waals surface area contributed by atoms with E-state index in [1.807, 2.05) is 19.9 Å². The van der Waals surface area contributed by atoms with Crippen LogP contribution in [0.25, 0.3) is 0 Å². The van der Waals surface area contributed by atoms with Crippen LogP contribution in [0, 0.1) is 11.8 Å². The number of carbonyl (C=O) groups excluding carboxylic acids is 2. The van der Waals surface area contributed by atoms with Gasteiger partial charge < -0.3 is 4.74 Å². The van der Waals surface area contributed by atoms with E-state index in [0.29, 0.717) is 12.3 Å². The lowest BCUT2D eigenvalue weighted by atomic mass is 10.0. The number of likely N-dealkylation sites (tertiary alicyclic amines) is 1. The third-order valence-corrected chi connectivity index (χ3v) is 3.15. The highest BCUT2D eigenvalue weighted by atomic mass is 16.6. The van der Waals surface area contributed by atoms with Gasteiger partial charge >= 0.3 is 6.09 Å². The Hall–Kier alpha value is -1.84. The van der Waals surface area contributed by atoms with E-state index >= 15 is 0 Å². The number of para-hydroxylation sites is 1. The van der Waals surface area contributed by atoms with Gasteiger partial charge in [-0.1, -0.05) is 32.0 Å². The van der Waals surface area contributed by atoms with Crippen LogP contribution in [0.1, 0.15) is 13.8 Å². The van der Waals surface area contributed by atoms with Crippen LogP contribution in [-0.2, 0) is 4.79 Å². The number of amides is 2. The summed E-state index contributed by atoms with van der Waals surface area (Å²) in [4.78, 5) is 24.8. The number of benzene rings is 1. The molecule has 0 aromatic heterocycles. The zero-order chi connectivity index (χ0) is 12.4. The molecule has 0 spiro atoms. The van der Waals surface area contributed by atoms with Crippen molar-refractivity contribution in [3.05, 3.63) is 30.3 Å². The molecule has 0 unspecified atom stereocenters. The molecule has 0 saturated carbocycles. The standard InChI is InChI=1S/C13H15NO3/c1-9-8-14(12(15)10(9)2)13(16)17-11-6-4-3-5-7-11/h3-7,9-10H,8H2,1-2H3/t9-,10-/m1/s1. The third kappa shape index (κ3) is 2.30. The average Bonchev–Trinajstić information content (AvgIpc) is 2.58. The summed E-state index contributed by atoms with van der Waals surface area (Å²) in [5.74, 6) is 0.375. The molecule has 1 aliphatic heterocycles. The molecule has 1 fully saturated rings. The number of hydrogen-bond donors (Lipinski definition) is 0. The summed E-state index contributed by atoms with van der Waals surface area (Å²) in [6, 6.07) is 8.76. The first kappa shape index (κ1) is 11.6. The largest absolute Gasteiger partial charge is 0.422 e. The Bertz CT molecular complexity index is 430. The van der Waals surface area contributed by atoms with Crippen LogP contribution < -0.4 is 4.74 Å². The van der Waals surface area contributed by atoms with Crippen molar-refractivity contribution < 1.29 is 14.3 Å². The highest BCUT2D eigenvalue weighted by Gasteiger charge is 2.38. The Labute approximate surface area is 100 Å². The molecule has 2 amide bonds. The molecule has 4 nitrogen and oxygen atoms in total. The second-order valence-electron chi connectivity index (χ2n) is 4.40. The molecule has 1 aromatic rings. The van der Waals surface area contributed by atoms with Crippen LogP contribution in [-0.4, -0.2) is 23.4 Å². The minimum Gasteiger partial charge on any atom is -0.410 e. The quantitative estimate of drug-likeness (QED) is 0.747. The summed E-state index contributed by atoms with van der Waals surface area (Å²) in [5.41, 5.74) is 0.